The van der Waals surface area contributed by atoms with E-state index in [4.69, 9.17) is 89.8 Å². The van der Waals surface area contributed by atoms with Crippen molar-refractivity contribution < 1.29 is 94.3 Å². The number of piperazine rings is 1. The zero-order valence-electron chi connectivity index (χ0n) is 62.3. The molecule has 7 heterocycles. The number of pyridine rings is 1. The molecule has 1 unspecified atom stereocenters. The fourth-order valence-electron chi connectivity index (χ4n) is 11.7. The van der Waals surface area contributed by atoms with Gasteiger partial charge in [-0.15, -0.1) is 8.78 Å². The molecule has 2 aromatic carbocycles. The summed E-state index contributed by atoms with van der Waals surface area (Å²) in [5, 5.41) is 17.4. The summed E-state index contributed by atoms with van der Waals surface area (Å²) in [7, 11) is 0. The van der Waals surface area contributed by atoms with Crippen LogP contribution in [-0.2, 0) is 71.2 Å². The molecule has 1 atom stereocenters. The zero-order valence-corrected chi connectivity index (χ0v) is 64.7. The first-order valence-corrected chi connectivity index (χ1v) is 38.7. The van der Waals surface area contributed by atoms with Crippen LogP contribution in [0.3, 0.4) is 0 Å². The third kappa shape index (κ3) is 30.9. The van der Waals surface area contributed by atoms with Crippen LogP contribution >= 0.6 is 34.5 Å². The number of hydrogen-bond acceptors (Lipinski definition) is 27. The van der Waals surface area contributed by atoms with Crippen LogP contribution in [0, 0.1) is 19.8 Å². The van der Waals surface area contributed by atoms with Crippen molar-refractivity contribution in [2.45, 2.75) is 64.2 Å². The molecule has 0 radical (unpaired) electrons. The first-order chi connectivity index (χ1) is 53.6. The summed E-state index contributed by atoms with van der Waals surface area (Å²) in [6.07, 6.45) is 8.61. The molecule has 0 aliphatic carbocycles. The standard InChI is InChI=1S/C74H101Cl2F2N13O18S/c1-54-6-5-7-61(75)68(54)87-72(95)63-53-81-73(110-63)86-64-51-65(84-55(2)83-64)88-21-23-89(24-22-88)66(92)16-26-96-28-30-98-32-34-100-36-38-102-40-42-104-44-46-106-48-49-107-47-45-105-43-41-103-39-37-101-35-33-99-31-29-97-27-18-79-70(93)56-14-19-90(20-15-56)69-60(62-13-17-82-91(62)67-8-3-4-25-108-67)50-57(52-80-69)71(94)85-58-9-11-59(12-10-58)109-74(76,77)78/h5-7,9-13,17,50-53,56,67H,3-4,8,14-16,18-49H2,1-2H3,(H,79,93)(H,85,94)(H,87,95)(H,81,83,84,86). The molecule has 3 aliphatic heterocycles. The van der Waals surface area contributed by atoms with Crippen molar-refractivity contribution in [2.24, 2.45) is 5.92 Å². The number of rotatable bonds is 52. The summed E-state index contributed by atoms with van der Waals surface area (Å²) in [5.41, 5.74) is -0.426. The number of halogens is 4. The lowest BCUT2D eigenvalue weighted by molar-refractivity contribution is -0.132. The Morgan fingerprint density at radius 1 is 0.609 bits per heavy atom. The highest BCUT2D eigenvalue weighted by atomic mass is 35.5. The van der Waals surface area contributed by atoms with Gasteiger partial charge in [-0.1, -0.05) is 35.1 Å². The van der Waals surface area contributed by atoms with Crippen molar-refractivity contribution in [3.05, 3.63) is 106 Å². The fraction of sp³-hybridized carbons (Fsp3) is 0.581. The minimum absolute atomic E-state index is 0.0345. The van der Waals surface area contributed by atoms with E-state index in [9.17, 15) is 28.0 Å². The molecule has 4 aromatic heterocycles. The summed E-state index contributed by atoms with van der Waals surface area (Å²) < 4.78 is 106. The van der Waals surface area contributed by atoms with Crippen LogP contribution < -0.4 is 35.8 Å². The van der Waals surface area contributed by atoms with E-state index >= 15 is 0 Å². The molecule has 3 saturated heterocycles. The maximum atomic E-state index is 13.6. The number of nitrogens with zero attached hydrogens (tertiary/aromatic N) is 9. The quantitative estimate of drug-likeness (QED) is 0.0204. The number of carbonyl (C=O) groups excluding carboxylic acids is 4. The lowest BCUT2D eigenvalue weighted by Gasteiger charge is -2.35. The van der Waals surface area contributed by atoms with Gasteiger partial charge in [0.2, 0.25) is 11.8 Å². The minimum Gasteiger partial charge on any atom is -0.420 e. The number of hydrogen-bond donors (Lipinski definition) is 4. The van der Waals surface area contributed by atoms with Gasteiger partial charge in [0.05, 0.1) is 193 Å². The summed E-state index contributed by atoms with van der Waals surface area (Å²) in [6.45, 7) is 18.1. The summed E-state index contributed by atoms with van der Waals surface area (Å²) in [6, 6.07) is 16.3. The molecular weight excluding hydrogens is 1500 g/mol. The van der Waals surface area contributed by atoms with Gasteiger partial charge in [0, 0.05) is 99.6 Å². The molecule has 110 heavy (non-hydrogen) atoms. The van der Waals surface area contributed by atoms with Gasteiger partial charge in [-0.3, -0.25) is 19.2 Å². The largest absolute Gasteiger partial charge is 0.487 e. The second-order valence-corrected chi connectivity index (χ2v) is 27.2. The second kappa shape index (κ2) is 48.4. The monoisotopic (exact) mass is 1600 g/mol. The molecule has 604 valence electrons. The van der Waals surface area contributed by atoms with Crippen LogP contribution in [0.4, 0.5) is 42.7 Å². The van der Waals surface area contributed by atoms with E-state index in [1.165, 1.54) is 48.0 Å². The predicted molar refractivity (Wildman–Crippen MR) is 408 cm³/mol. The maximum absolute atomic E-state index is 13.6. The number of benzene rings is 2. The third-order valence-corrected chi connectivity index (χ3v) is 18.6. The molecule has 6 aromatic rings. The average molecular weight is 1600 g/mol. The van der Waals surface area contributed by atoms with Crippen molar-refractivity contribution in [1.82, 2.24) is 39.9 Å². The van der Waals surface area contributed by atoms with E-state index < -0.39 is 11.5 Å². The molecule has 0 saturated carbocycles. The lowest BCUT2D eigenvalue weighted by atomic mass is 9.95. The van der Waals surface area contributed by atoms with Crippen molar-refractivity contribution in [3.8, 4) is 17.0 Å². The van der Waals surface area contributed by atoms with Gasteiger partial charge in [-0.25, -0.2) is 24.6 Å². The van der Waals surface area contributed by atoms with Crippen molar-refractivity contribution in [1.29, 1.82) is 0 Å². The molecular formula is C74H101Cl2F2N13O18S. The minimum atomic E-state index is -3.87. The summed E-state index contributed by atoms with van der Waals surface area (Å²) >= 11 is 12.4. The van der Waals surface area contributed by atoms with E-state index in [1.807, 2.05) is 47.7 Å². The SMILES string of the molecule is Cc1nc(Nc2ncc(C(=O)Nc3c(C)cccc3Cl)s2)cc(N2CCN(C(=O)CCOCCOCCOCCOCCOCCOCCOCCOCCOCCOCCOCCOCCNC(=O)C3CCN(c4ncc(C(=O)Nc5ccc(OC(F)(F)Cl)cc5)cc4-c4ccnn4C4CCCCO4)CC3)CC2)n1. The maximum Gasteiger partial charge on any atom is 0.487 e. The number of piperidine rings is 1. The van der Waals surface area contributed by atoms with Gasteiger partial charge in [-0.05, 0) is 94.0 Å². The van der Waals surface area contributed by atoms with Gasteiger partial charge >= 0.3 is 5.57 Å². The van der Waals surface area contributed by atoms with Gasteiger partial charge in [0.25, 0.3) is 11.8 Å². The molecule has 3 fully saturated rings. The third-order valence-electron chi connectivity index (χ3n) is 17.3. The Morgan fingerprint density at radius 3 is 1.72 bits per heavy atom. The van der Waals surface area contributed by atoms with Crippen LogP contribution in [0.25, 0.3) is 11.3 Å². The first-order valence-electron chi connectivity index (χ1n) is 37.1. The topological polar surface area (TPSA) is 325 Å². The number of amides is 4. The summed E-state index contributed by atoms with van der Waals surface area (Å²) in [4.78, 5) is 77.5. The highest BCUT2D eigenvalue weighted by molar-refractivity contribution is 7.17. The van der Waals surface area contributed by atoms with Crippen LogP contribution in [-0.4, -0.2) is 275 Å². The van der Waals surface area contributed by atoms with E-state index in [1.54, 1.807) is 18.3 Å². The van der Waals surface area contributed by atoms with Crippen LogP contribution in [0.1, 0.15) is 76.2 Å². The van der Waals surface area contributed by atoms with Gasteiger partial charge in [0.15, 0.2) is 11.4 Å². The molecule has 0 bridgehead atoms. The Balaban J connectivity index is 0.476. The number of alkyl halides is 3. The Bertz CT molecular complexity index is 3680. The van der Waals surface area contributed by atoms with Crippen LogP contribution in [0.15, 0.2) is 79.3 Å². The number of nitrogens with one attached hydrogen (secondary N) is 4. The first kappa shape index (κ1) is 86.5. The fourth-order valence-corrected chi connectivity index (χ4v) is 12.8. The average Bonchev–Trinajstić information content (AvgIpc) is 1.39. The van der Waals surface area contributed by atoms with E-state index in [0.29, 0.717) is 273 Å². The Labute approximate surface area is 653 Å². The van der Waals surface area contributed by atoms with Crippen LogP contribution in [0.2, 0.25) is 5.02 Å². The summed E-state index contributed by atoms with van der Waals surface area (Å²) in [5.74, 6) is 1.36. The van der Waals surface area contributed by atoms with Crippen molar-refractivity contribution in [2.75, 3.05) is 237 Å². The van der Waals surface area contributed by atoms with Crippen LogP contribution in [0.5, 0.6) is 5.75 Å². The molecule has 36 heteroatoms. The molecule has 0 spiro atoms. The lowest BCUT2D eigenvalue weighted by Crippen LogP contribution is -2.49. The molecule has 4 amide bonds. The number of aromatic nitrogens is 6. The predicted octanol–water partition coefficient (Wildman–Crippen LogP) is 8.85. The number of ether oxygens (including phenoxy) is 14. The van der Waals surface area contributed by atoms with Gasteiger partial charge in [0.1, 0.15) is 33.9 Å². The highest BCUT2D eigenvalue weighted by Gasteiger charge is 2.31. The zero-order chi connectivity index (χ0) is 77.4. The molecule has 9 rings (SSSR count). The van der Waals surface area contributed by atoms with Gasteiger partial charge < -0.3 is 102 Å². The Morgan fingerprint density at radius 2 is 1.17 bits per heavy atom. The van der Waals surface area contributed by atoms with Gasteiger partial charge in [-0.2, -0.15) is 5.10 Å². The molecule has 4 N–H and O–H groups in total. The van der Waals surface area contributed by atoms with E-state index in [-0.39, 0.29) is 47.6 Å². The number of thiazole rings is 1. The van der Waals surface area contributed by atoms with E-state index in [2.05, 4.69) is 55.9 Å². The smallest absolute Gasteiger partial charge is 0.420 e. The Hall–Kier alpha value is -7.49. The highest BCUT2D eigenvalue weighted by Crippen LogP contribution is 2.37. The molecule has 3 aliphatic rings. The number of carbonyl (C=O) groups is 4. The number of aryl methyl sites for hydroxylation is 2. The normalized spacial score (nSPS) is 15.0. The van der Waals surface area contributed by atoms with Crippen molar-refractivity contribution >= 4 is 92.1 Å². The van der Waals surface area contributed by atoms with Crippen molar-refractivity contribution in [3.63, 3.8) is 0 Å². The number of anilines is 6. The van der Waals surface area contributed by atoms with E-state index in [0.717, 1.165) is 36.3 Å². The number of para-hydroxylation sites is 1. The molecule has 31 nitrogen and oxygen atoms in total. The second-order valence-electron chi connectivity index (χ2n) is 25.3. The Kier molecular flexibility index (Phi) is 38.1.